The van der Waals surface area contributed by atoms with Gasteiger partial charge in [-0.2, -0.15) is 0 Å². The minimum atomic E-state index is 0.468. The second-order valence-corrected chi connectivity index (χ2v) is 6.37. The molecule has 2 unspecified atom stereocenters. The number of nitrogens with zero attached hydrogens (tertiary/aromatic N) is 1. The van der Waals surface area contributed by atoms with Crippen LogP contribution in [0.15, 0.2) is 22.5 Å². The van der Waals surface area contributed by atoms with Gasteiger partial charge in [0.15, 0.2) is 5.17 Å². The molecule has 16 heavy (non-hydrogen) atoms. The Morgan fingerprint density at radius 1 is 1.62 bits per heavy atom. The molecule has 2 atom stereocenters. The summed E-state index contributed by atoms with van der Waals surface area (Å²) >= 11 is 3.68. The van der Waals surface area contributed by atoms with Gasteiger partial charge in [-0.15, -0.1) is 11.3 Å². The average Bonchev–Trinajstić information content (AvgIpc) is 2.70. The van der Waals surface area contributed by atoms with Crippen molar-refractivity contribution in [2.45, 2.75) is 38.8 Å². The van der Waals surface area contributed by atoms with Gasteiger partial charge in [0.25, 0.3) is 0 Å². The summed E-state index contributed by atoms with van der Waals surface area (Å²) in [6.45, 7) is 4.41. The zero-order chi connectivity index (χ0) is 11.4. The lowest BCUT2D eigenvalue weighted by Crippen LogP contribution is -2.34. The molecule has 1 aromatic heterocycles. The largest absolute Gasteiger partial charge is 0.362 e. The molecule has 1 aliphatic heterocycles. The number of amidine groups is 1. The van der Waals surface area contributed by atoms with Gasteiger partial charge in [-0.05, 0) is 31.7 Å². The molecule has 2 rings (SSSR count). The Hall–Kier alpha value is -0.480. The van der Waals surface area contributed by atoms with Gasteiger partial charge in [-0.25, -0.2) is 0 Å². The summed E-state index contributed by atoms with van der Waals surface area (Å²) in [5, 5.41) is 6.77. The van der Waals surface area contributed by atoms with E-state index in [1.165, 1.54) is 17.1 Å². The van der Waals surface area contributed by atoms with Crippen molar-refractivity contribution in [1.29, 1.82) is 0 Å². The van der Waals surface area contributed by atoms with Crippen molar-refractivity contribution in [3.05, 3.63) is 22.4 Å². The van der Waals surface area contributed by atoms with E-state index in [0.29, 0.717) is 12.1 Å². The first-order chi connectivity index (χ1) is 7.74. The van der Waals surface area contributed by atoms with Crippen LogP contribution >= 0.6 is 23.1 Å². The van der Waals surface area contributed by atoms with E-state index in [4.69, 9.17) is 0 Å². The molecule has 0 aromatic carbocycles. The summed E-state index contributed by atoms with van der Waals surface area (Å²) in [5.41, 5.74) is 0. The quantitative estimate of drug-likeness (QED) is 0.896. The fraction of sp³-hybridized carbons (Fsp3) is 0.583. The predicted octanol–water partition coefficient (Wildman–Crippen LogP) is 3.15. The average molecular weight is 254 g/mol. The molecule has 1 N–H and O–H groups in total. The lowest BCUT2D eigenvalue weighted by atomic mass is 10.2. The topological polar surface area (TPSA) is 24.4 Å². The highest BCUT2D eigenvalue weighted by Crippen LogP contribution is 2.17. The third kappa shape index (κ3) is 3.52. The van der Waals surface area contributed by atoms with Crippen molar-refractivity contribution in [3.63, 3.8) is 0 Å². The number of thioether (sulfide) groups is 1. The molecule has 1 aromatic rings. The zero-order valence-electron chi connectivity index (χ0n) is 9.77. The fourth-order valence-corrected chi connectivity index (χ4v) is 3.73. The second-order valence-electron chi connectivity index (χ2n) is 4.25. The minimum Gasteiger partial charge on any atom is -0.362 e. The van der Waals surface area contributed by atoms with Gasteiger partial charge >= 0.3 is 0 Å². The molecular weight excluding hydrogens is 236 g/mol. The van der Waals surface area contributed by atoms with Crippen LogP contribution in [0.2, 0.25) is 0 Å². The van der Waals surface area contributed by atoms with Crippen LogP contribution < -0.4 is 5.32 Å². The summed E-state index contributed by atoms with van der Waals surface area (Å²) in [6, 6.07) is 5.26. The standard InChI is InChI=1S/C12H18N2S2/c1-9-5-7-16-12(13-9)14-10(2)8-11-4-3-6-15-11/h3-4,6,9-10H,5,7-8H2,1-2H3,(H,13,14). The number of aliphatic imine (C=N–C) groups is 1. The zero-order valence-corrected chi connectivity index (χ0v) is 11.4. The number of hydrogen-bond donors (Lipinski definition) is 1. The number of nitrogens with one attached hydrogen (secondary N) is 1. The van der Waals surface area contributed by atoms with Gasteiger partial charge < -0.3 is 5.32 Å². The van der Waals surface area contributed by atoms with Crippen molar-refractivity contribution < 1.29 is 0 Å². The van der Waals surface area contributed by atoms with Crippen LogP contribution in [-0.4, -0.2) is 23.0 Å². The molecular formula is C12H18N2S2. The molecule has 88 valence electrons. The van der Waals surface area contributed by atoms with E-state index in [2.05, 4.69) is 41.7 Å². The molecule has 0 aliphatic carbocycles. The van der Waals surface area contributed by atoms with Crippen molar-refractivity contribution in [3.8, 4) is 0 Å². The molecule has 0 saturated heterocycles. The van der Waals surface area contributed by atoms with E-state index in [1.54, 1.807) is 0 Å². The van der Waals surface area contributed by atoms with Crippen molar-refractivity contribution in [1.82, 2.24) is 5.32 Å². The monoisotopic (exact) mass is 254 g/mol. The highest BCUT2D eigenvalue weighted by molar-refractivity contribution is 8.13. The Labute approximate surface area is 106 Å². The molecule has 2 nitrogen and oxygen atoms in total. The van der Waals surface area contributed by atoms with Gasteiger partial charge in [-0.3, -0.25) is 4.99 Å². The Balaban J connectivity index is 1.85. The van der Waals surface area contributed by atoms with Crippen molar-refractivity contribution in [2.75, 3.05) is 5.75 Å². The summed E-state index contributed by atoms with van der Waals surface area (Å²) in [6.07, 6.45) is 2.29. The SMILES string of the molecule is CC1CCSC(NC(C)Cc2cccs2)=N1. The highest BCUT2D eigenvalue weighted by atomic mass is 32.2. The Morgan fingerprint density at radius 3 is 3.19 bits per heavy atom. The van der Waals surface area contributed by atoms with E-state index < -0.39 is 0 Å². The van der Waals surface area contributed by atoms with Crippen molar-refractivity contribution >= 4 is 28.3 Å². The third-order valence-electron chi connectivity index (χ3n) is 2.57. The maximum Gasteiger partial charge on any atom is 0.157 e. The van der Waals surface area contributed by atoms with Crippen LogP contribution in [-0.2, 0) is 6.42 Å². The molecule has 0 fully saturated rings. The maximum atomic E-state index is 4.62. The molecule has 0 bridgehead atoms. The number of rotatable bonds is 3. The van der Waals surface area contributed by atoms with Gasteiger partial charge in [0, 0.05) is 23.1 Å². The lowest BCUT2D eigenvalue weighted by molar-refractivity contribution is 0.653. The van der Waals surface area contributed by atoms with Crippen LogP contribution in [0.5, 0.6) is 0 Å². The lowest BCUT2D eigenvalue weighted by Gasteiger charge is -2.21. The van der Waals surface area contributed by atoms with E-state index in [-0.39, 0.29) is 0 Å². The highest BCUT2D eigenvalue weighted by Gasteiger charge is 2.13. The number of hydrogen-bond acceptors (Lipinski definition) is 4. The first kappa shape index (κ1) is 12.0. The minimum absolute atomic E-state index is 0.468. The second kappa shape index (κ2) is 5.73. The van der Waals surface area contributed by atoms with E-state index in [0.717, 1.165) is 11.6 Å². The summed E-state index contributed by atoms with van der Waals surface area (Å²) in [7, 11) is 0. The van der Waals surface area contributed by atoms with Gasteiger partial charge in [0.05, 0.1) is 6.04 Å². The molecule has 0 radical (unpaired) electrons. The predicted molar refractivity (Wildman–Crippen MR) is 74.6 cm³/mol. The molecule has 2 heterocycles. The molecule has 4 heteroatoms. The first-order valence-corrected chi connectivity index (χ1v) is 7.60. The van der Waals surface area contributed by atoms with E-state index in [9.17, 15) is 0 Å². The third-order valence-corrected chi connectivity index (χ3v) is 4.40. The molecule has 0 amide bonds. The maximum absolute atomic E-state index is 4.62. The van der Waals surface area contributed by atoms with Gasteiger partial charge in [0.1, 0.15) is 0 Å². The Kier molecular flexibility index (Phi) is 4.29. The summed E-state index contributed by atoms with van der Waals surface area (Å²) in [4.78, 5) is 6.06. The fourth-order valence-electron chi connectivity index (χ4n) is 1.70. The Morgan fingerprint density at radius 2 is 2.50 bits per heavy atom. The Bertz CT molecular complexity index is 346. The van der Waals surface area contributed by atoms with Crippen LogP contribution in [0.25, 0.3) is 0 Å². The smallest absolute Gasteiger partial charge is 0.157 e. The van der Waals surface area contributed by atoms with Gasteiger partial charge in [0.2, 0.25) is 0 Å². The van der Waals surface area contributed by atoms with Crippen LogP contribution in [0.3, 0.4) is 0 Å². The summed E-state index contributed by atoms with van der Waals surface area (Å²) in [5.74, 6) is 1.19. The normalized spacial score (nSPS) is 22.6. The van der Waals surface area contributed by atoms with Crippen LogP contribution in [0, 0.1) is 0 Å². The summed E-state index contributed by atoms with van der Waals surface area (Å²) < 4.78 is 0. The van der Waals surface area contributed by atoms with Gasteiger partial charge in [-0.1, -0.05) is 17.8 Å². The molecule has 1 aliphatic rings. The number of thiophene rings is 1. The first-order valence-electron chi connectivity index (χ1n) is 5.73. The van der Waals surface area contributed by atoms with E-state index in [1.807, 2.05) is 23.1 Å². The van der Waals surface area contributed by atoms with Crippen molar-refractivity contribution in [2.24, 2.45) is 4.99 Å². The van der Waals surface area contributed by atoms with Crippen LogP contribution in [0.4, 0.5) is 0 Å². The molecule has 0 spiro atoms. The van der Waals surface area contributed by atoms with Crippen LogP contribution in [0.1, 0.15) is 25.1 Å². The molecule has 0 saturated carbocycles. The van der Waals surface area contributed by atoms with E-state index >= 15 is 0 Å².